The predicted octanol–water partition coefficient (Wildman–Crippen LogP) is 3.92. The van der Waals surface area contributed by atoms with Gasteiger partial charge in [0.15, 0.2) is 0 Å². The average molecular weight is 445 g/mol. The second kappa shape index (κ2) is 11.8. The van der Waals surface area contributed by atoms with E-state index >= 15 is 0 Å². The van der Waals surface area contributed by atoms with E-state index in [0.717, 1.165) is 59.3 Å². The van der Waals surface area contributed by atoms with Gasteiger partial charge in [0.05, 0.1) is 18.8 Å². The molecule has 6 nitrogen and oxygen atoms in total. The molecule has 2 aromatic rings. The third-order valence-corrected chi connectivity index (χ3v) is 5.61. The van der Waals surface area contributed by atoms with Gasteiger partial charge in [-0.05, 0) is 61.7 Å². The molecule has 7 heteroatoms. The molecule has 3 N–H and O–H groups in total. The van der Waals surface area contributed by atoms with Crippen molar-refractivity contribution < 1.29 is 9.53 Å². The van der Waals surface area contributed by atoms with Crippen molar-refractivity contribution in [3.05, 3.63) is 57.9 Å². The Morgan fingerprint density at radius 2 is 2.10 bits per heavy atom. The van der Waals surface area contributed by atoms with Gasteiger partial charge in [0.1, 0.15) is 0 Å². The minimum absolute atomic E-state index is 0.431. The van der Waals surface area contributed by atoms with Gasteiger partial charge < -0.3 is 20.7 Å². The summed E-state index contributed by atoms with van der Waals surface area (Å²) in [5, 5.41) is 3.97. The molecular formula is C24H33ClN4O2. The number of hydrogen-bond acceptors (Lipinski definition) is 6. The molecule has 168 valence electrons. The van der Waals surface area contributed by atoms with E-state index in [9.17, 15) is 4.79 Å². The summed E-state index contributed by atoms with van der Waals surface area (Å²) in [4.78, 5) is 16.3. The highest BCUT2D eigenvalue weighted by Crippen LogP contribution is 2.42. The Kier molecular flexibility index (Phi) is 9.49. The van der Waals surface area contributed by atoms with E-state index in [1.165, 1.54) is 16.7 Å². The van der Waals surface area contributed by atoms with Crippen LogP contribution in [0.15, 0.2) is 24.8 Å². The second-order valence-electron chi connectivity index (χ2n) is 7.25. The Balaban J connectivity index is 0.000000614. The van der Waals surface area contributed by atoms with Gasteiger partial charge in [0.25, 0.3) is 6.47 Å². The van der Waals surface area contributed by atoms with Gasteiger partial charge in [-0.25, -0.2) is 0 Å². The normalized spacial score (nSPS) is 12.3. The van der Waals surface area contributed by atoms with Crippen LogP contribution >= 0.6 is 11.6 Å². The van der Waals surface area contributed by atoms with Crippen molar-refractivity contribution in [2.75, 3.05) is 26.7 Å². The quantitative estimate of drug-likeness (QED) is 0.601. The summed E-state index contributed by atoms with van der Waals surface area (Å²) < 4.78 is 4.15. The summed E-state index contributed by atoms with van der Waals surface area (Å²) in [5.41, 5.74) is 15.1. The van der Waals surface area contributed by atoms with E-state index in [-0.39, 0.29) is 0 Å². The maximum atomic E-state index is 9.18. The molecule has 0 radical (unpaired) electrons. The van der Waals surface area contributed by atoms with E-state index in [1.807, 2.05) is 20.0 Å². The molecule has 0 aliphatic carbocycles. The first-order valence-electron chi connectivity index (χ1n) is 10.6. The summed E-state index contributed by atoms with van der Waals surface area (Å²) in [7, 11) is 1.97. The Hall–Kier alpha value is -2.41. The molecule has 31 heavy (non-hydrogen) atoms. The number of rotatable bonds is 8. The lowest BCUT2D eigenvalue weighted by Crippen LogP contribution is -2.25. The van der Waals surface area contributed by atoms with Crippen molar-refractivity contribution in [2.24, 2.45) is 5.73 Å². The number of hydrogen-bond donors (Lipinski definition) is 2. The molecule has 3 rings (SSSR count). The fraction of sp³-hybridized carbons (Fsp3) is 0.417. The molecule has 2 heterocycles. The first-order chi connectivity index (χ1) is 14.9. The van der Waals surface area contributed by atoms with Gasteiger partial charge in [-0.2, -0.15) is 0 Å². The molecule has 0 spiro atoms. The van der Waals surface area contributed by atoms with Gasteiger partial charge in [-0.3, -0.25) is 9.78 Å². The molecule has 0 unspecified atom stereocenters. The smallest absolute Gasteiger partial charge is 0.293 e. The largest absolute Gasteiger partial charge is 0.468 e. The van der Waals surface area contributed by atoms with Crippen LogP contribution in [0.5, 0.6) is 0 Å². The number of pyridine rings is 1. The lowest BCUT2D eigenvalue weighted by molar-refractivity contribution is -0.128. The number of aromatic nitrogens is 1. The van der Waals surface area contributed by atoms with Crippen LogP contribution in [0.25, 0.3) is 16.8 Å². The van der Waals surface area contributed by atoms with E-state index in [4.69, 9.17) is 22.3 Å². The number of nitrogens with one attached hydrogen (secondary N) is 1. The number of likely N-dealkylation sites (N-methyl/N-ethyl adjacent to an activating group) is 1. The van der Waals surface area contributed by atoms with E-state index in [2.05, 4.69) is 40.6 Å². The van der Waals surface area contributed by atoms with Gasteiger partial charge >= 0.3 is 0 Å². The van der Waals surface area contributed by atoms with Crippen LogP contribution in [0, 0.1) is 6.92 Å². The van der Waals surface area contributed by atoms with E-state index < -0.39 is 0 Å². The second-order valence-corrected chi connectivity index (χ2v) is 7.69. The number of benzene rings is 1. The lowest BCUT2D eigenvalue weighted by atomic mass is 9.89. The number of carbonyl (C=O) groups excluding carboxylic acids is 1. The van der Waals surface area contributed by atoms with Gasteiger partial charge in [-0.15, -0.1) is 0 Å². The molecule has 0 bridgehead atoms. The number of nitrogens with zero attached hydrogens (tertiary/aromatic N) is 2. The first-order valence-corrected chi connectivity index (χ1v) is 11.0. The summed E-state index contributed by atoms with van der Waals surface area (Å²) >= 11 is 6.24. The maximum absolute atomic E-state index is 9.18. The molecule has 0 saturated carbocycles. The molecule has 0 fully saturated rings. The summed E-state index contributed by atoms with van der Waals surface area (Å²) in [6.07, 6.45) is 0.909. The van der Waals surface area contributed by atoms with Gasteiger partial charge in [0, 0.05) is 41.6 Å². The number of fused-ring (bicyclic) bond motifs is 1. The Morgan fingerprint density at radius 1 is 1.35 bits per heavy atom. The standard InChI is InChI=1S/C21H27ClN4.C3H6O2/c1-5-15-10-16(22)6-7-17(15)21-18(11-23)13(2)25-19-12-26(9-8-24-4)14(3)20(19)21;1-2-5-3-4/h6-7,10,24H,3,5,8-9,11-12,23H2,1-2,4H3;3H,2H2,1H3. The number of nitrogens with two attached hydrogens (primary N) is 1. The van der Waals surface area contributed by atoms with Crippen molar-refractivity contribution in [1.82, 2.24) is 15.2 Å². The fourth-order valence-electron chi connectivity index (χ4n) is 3.84. The molecule has 1 aliphatic rings. The summed E-state index contributed by atoms with van der Waals surface area (Å²) in [6, 6.07) is 6.11. The van der Waals surface area contributed by atoms with Crippen LogP contribution in [-0.2, 0) is 29.0 Å². The Morgan fingerprint density at radius 3 is 2.65 bits per heavy atom. The third kappa shape index (κ3) is 5.64. The van der Waals surface area contributed by atoms with Crippen molar-refractivity contribution in [1.29, 1.82) is 0 Å². The zero-order valence-corrected chi connectivity index (χ0v) is 19.7. The van der Waals surface area contributed by atoms with Gasteiger partial charge in [-0.1, -0.05) is 31.2 Å². The summed E-state index contributed by atoms with van der Waals surface area (Å²) in [5.74, 6) is 0. The van der Waals surface area contributed by atoms with Crippen LogP contribution in [0.3, 0.4) is 0 Å². The number of ether oxygens (including phenoxy) is 1. The fourth-order valence-corrected chi connectivity index (χ4v) is 4.03. The molecule has 1 aromatic carbocycles. The summed E-state index contributed by atoms with van der Waals surface area (Å²) in [6.45, 7) is 14.3. The SMILES string of the molecule is C=C1c2c(nc(C)c(CN)c2-c2ccc(Cl)cc2CC)CN1CCNC.CCOC=O. The van der Waals surface area contributed by atoms with Crippen LogP contribution in [0.1, 0.15) is 41.9 Å². The number of carbonyl (C=O) groups is 1. The van der Waals surface area contributed by atoms with Gasteiger partial charge in [0.2, 0.25) is 0 Å². The van der Waals surface area contributed by atoms with Crippen LogP contribution < -0.4 is 11.1 Å². The predicted molar refractivity (Wildman–Crippen MR) is 128 cm³/mol. The highest BCUT2D eigenvalue weighted by atomic mass is 35.5. The highest BCUT2D eigenvalue weighted by molar-refractivity contribution is 6.30. The van der Waals surface area contributed by atoms with Crippen molar-refractivity contribution >= 4 is 23.8 Å². The van der Waals surface area contributed by atoms with Crippen molar-refractivity contribution in [2.45, 2.75) is 40.3 Å². The third-order valence-electron chi connectivity index (χ3n) is 5.38. The van der Waals surface area contributed by atoms with Crippen LogP contribution in [0.2, 0.25) is 5.02 Å². The zero-order chi connectivity index (χ0) is 23.0. The molecule has 0 saturated heterocycles. The zero-order valence-electron chi connectivity index (χ0n) is 18.9. The molecule has 1 aromatic heterocycles. The minimum Gasteiger partial charge on any atom is -0.468 e. The maximum Gasteiger partial charge on any atom is 0.293 e. The topological polar surface area (TPSA) is 80.5 Å². The monoisotopic (exact) mass is 444 g/mol. The van der Waals surface area contributed by atoms with Crippen molar-refractivity contribution in [3.63, 3.8) is 0 Å². The van der Waals surface area contributed by atoms with E-state index in [1.54, 1.807) is 6.92 Å². The van der Waals surface area contributed by atoms with Crippen LogP contribution in [0.4, 0.5) is 0 Å². The highest BCUT2D eigenvalue weighted by Gasteiger charge is 2.30. The van der Waals surface area contributed by atoms with Crippen LogP contribution in [-0.4, -0.2) is 43.1 Å². The average Bonchev–Trinajstić information content (AvgIpc) is 3.07. The molecule has 0 atom stereocenters. The number of halogens is 1. The number of aryl methyl sites for hydroxylation is 2. The van der Waals surface area contributed by atoms with Crippen molar-refractivity contribution in [3.8, 4) is 11.1 Å². The lowest BCUT2D eigenvalue weighted by Gasteiger charge is -2.21. The minimum atomic E-state index is 0.431. The molecule has 0 amide bonds. The Bertz CT molecular complexity index is 930. The Labute approximate surface area is 190 Å². The first kappa shape index (κ1) is 24.9. The molecular weight excluding hydrogens is 412 g/mol. The van der Waals surface area contributed by atoms with E-state index in [0.29, 0.717) is 19.6 Å². The molecule has 1 aliphatic heterocycles.